The molecule has 0 aliphatic carbocycles. The average Bonchev–Trinajstić information content (AvgIpc) is 2.24. The van der Waals surface area contributed by atoms with Gasteiger partial charge in [0.15, 0.2) is 0 Å². The minimum absolute atomic E-state index is 0.00573. The van der Waals surface area contributed by atoms with Crippen LogP contribution in [0.3, 0.4) is 0 Å². The molecule has 0 aromatic heterocycles. The summed E-state index contributed by atoms with van der Waals surface area (Å²) in [6, 6.07) is 2.56. The molecule has 7 heteroatoms. The summed E-state index contributed by atoms with van der Waals surface area (Å²) < 4.78 is 5.07. The fraction of sp³-hybridized carbons (Fsp3) is 0.0909. The van der Waals surface area contributed by atoms with E-state index in [4.69, 9.17) is 5.11 Å². The molecule has 0 atom stereocenters. The van der Waals surface area contributed by atoms with Crippen LogP contribution in [0.5, 0.6) is 5.75 Å². The van der Waals surface area contributed by atoms with Crippen molar-refractivity contribution in [1.82, 2.24) is 0 Å². The number of hydrogen-bond donors (Lipinski definition) is 3. The van der Waals surface area contributed by atoms with E-state index < -0.39 is 23.4 Å². The molecule has 0 spiro atoms. The van der Waals surface area contributed by atoms with Crippen LogP contribution in [-0.2, 0) is 4.74 Å². The maximum Gasteiger partial charge on any atom is 0.411 e. The van der Waals surface area contributed by atoms with E-state index in [2.05, 4.69) is 32.6 Å². The Bertz CT molecular complexity index is 500. The Morgan fingerprint density at radius 3 is 2.72 bits per heavy atom. The number of aromatic hydroxyl groups is 1. The van der Waals surface area contributed by atoms with Crippen molar-refractivity contribution in [3.05, 3.63) is 34.8 Å². The summed E-state index contributed by atoms with van der Waals surface area (Å²) in [5, 5.41) is 20.7. The van der Waals surface area contributed by atoms with Crippen molar-refractivity contribution < 1.29 is 24.5 Å². The number of benzene rings is 1. The lowest BCUT2D eigenvalue weighted by atomic mass is 10.1. The largest absolute Gasteiger partial charge is 0.507 e. The second kappa shape index (κ2) is 6.06. The van der Waals surface area contributed by atoms with Crippen LogP contribution in [0.2, 0.25) is 0 Å². The van der Waals surface area contributed by atoms with E-state index in [1.165, 1.54) is 18.2 Å². The molecule has 1 amide bonds. The molecule has 0 saturated heterocycles. The van der Waals surface area contributed by atoms with Crippen molar-refractivity contribution in [2.75, 3.05) is 11.9 Å². The van der Waals surface area contributed by atoms with Crippen LogP contribution in [0.4, 0.5) is 10.5 Å². The monoisotopic (exact) mass is 315 g/mol. The van der Waals surface area contributed by atoms with Gasteiger partial charge in [0, 0.05) is 4.47 Å². The first-order chi connectivity index (χ1) is 8.45. The SMILES string of the molecule is C=CCOC(=O)Nc1cc(Br)cc(O)c1C(=O)O. The smallest absolute Gasteiger partial charge is 0.411 e. The molecule has 3 N–H and O–H groups in total. The number of rotatable bonds is 4. The number of carbonyl (C=O) groups excluding carboxylic acids is 1. The number of carboxylic acid groups (broad SMARTS) is 1. The fourth-order valence-electron chi connectivity index (χ4n) is 1.20. The average molecular weight is 316 g/mol. The standard InChI is InChI=1S/C11H10BrNO5/c1-2-3-18-11(17)13-7-4-6(12)5-8(14)9(7)10(15)16/h2,4-5,14H,1,3H2,(H,13,17)(H,15,16). The molecule has 1 aromatic carbocycles. The third-order valence-electron chi connectivity index (χ3n) is 1.87. The van der Waals surface area contributed by atoms with Crippen LogP contribution in [0.15, 0.2) is 29.3 Å². The van der Waals surface area contributed by atoms with Crippen molar-refractivity contribution in [2.45, 2.75) is 0 Å². The number of nitrogens with one attached hydrogen (secondary N) is 1. The van der Waals surface area contributed by atoms with E-state index in [0.717, 1.165) is 0 Å². The van der Waals surface area contributed by atoms with Crippen LogP contribution in [0.25, 0.3) is 0 Å². The van der Waals surface area contributed by atoms with Crippen LogP contribution >= 0.6 is 15.9 Å². The van der Waals surface area contributed by atoms with Crippen molar-refractivity contribution in [3.63, 3.8) is 0 Å². The molecule has 0 fully saturated rings. The highest BCUT2D eigenvalue weighted by atomic mass is 79.9. The van der Waals surface area contributed by atoms with Crippen LogP contribution in [-0.4, -0.2) is 28.9 Å². The van der Waals surface area contributed by atoms with E-state index in [1.54, 1.807) is 0 Å². The Kier molecular flexibility index (Phi) is 4.73. The molecule has 1 rings (SSSR count). The van der Waals surface area contributed by atoms with E-state index >= 15 is 0 Å². The van der Waals surface area contributed by atoms with Gasteiger partial charge < -0.3 is 14.9 Å². The van der Waals surface area contributed by atoms with Crippen molar-refractivity contribution in [3.8, 4) is 5.75 Å². The molecule has 1 aromatic rings. The summed E-state index contributed by atoms with van der Waals surface area (Å²) >= 11 is 3.08. The highest BCUT2D eigenvalue weighted by Crippen LogP contribution is 2.30. The molecule has 0 heterocycles. The molecule has 0 radical (unpaired) electrons. The van der Waals surface area contributed by atoms with E-state index in [1.807, 2.05) is 0 Å². The summed E-state index contributed by atoms with van der Waals surface area (Å²) in [5.74, 6) is -1.82. The quantitative estimate of drug-likeness (QED) is 0.742. The summed E-state index contributed by atoms with van der Waals surface area (Å²) in [6.07, 6.45) is 0.533. The Morgan fingerprint density at radius 2 is 2.17 bits per heavy atom. The van der Waals surface area contributed by atoms with Gasteiger partial charge in [-0.3, -0.25) is 5.32 Å². The summed E-state index contributed by atoms with van der Waals surface area (Å²) in [7, 11) is 0. The number of carbonyl (C=O) groups is 2. The maximum absolute atomic E-state index is 11.3. The Morgan fingerprint density at radius 1 is 1.50 bits per heavy atom. The lowest BCUT2D eigenvalue weighted by molar-refractivity contribution is 0.0695. The van der Waals surface area contributed by atoms with Gasteiger partial charge in [0.25, 0.3) is 0 Å². The number of amides is 1. The van der Waals surface area contributed by atoms with Crippen LogP contribution < -0.4 is 5.32 Å². The second-order valence-corrected chi connectivity index (χ2v) is 4.08. The number of aromatic carboxylic acids is 1. The van der Waals surface area contributed by atoms with Crippen molar-refractivity contribution >= 4 is 33.7 Å². The third-order valence-corrected chi connectivity index (χ3v) is 2.32. The molecule has 0 saturated carbocycles. The second-order valence-electron chi connectivity index (χ2n) is 3.16. The van der Waals surface area contributed by atoms with E-state index in [9.17, 15) is 14.7 Å². The number of carboxylic acids is 1. The molecule has 0 unspecified atom stereocenters. The molecule has 0 aliphatic heterocycles. The van der Waals surface area contributed by atoms with E-state index in [0.29, 0.717) is 4.47 Å². The number of phenols is 1. The van der Waals surface area contributed by atoms with Crippen molar-refractivity contribution in [1.29, 1.82) is 0 Å². The number of halogens is 1. The van der Waals surface area contributed by atoms with Gasteiger partial charge in [-0.05, 0) is 12.1 Å². The lowest BCUT2D eigenvalue weighted by Gasteiger charge is -2.10. The van der Waals surface area contributed by atoms with Crippen LogP contribution in [0, 0.1) is 0 Å². The zero-order valence-electron chi connectivity index (χ0n) is 9.14. The third kappa shape index (κ3) is 3.49. The minimum Gasteiger partial charge on any atom is -0.507 e. The number of anilines is 1. The van der Waals surface area contributed by atoms with Crippen molar-refractivity contribution in [2.24, 2.45) is 0 Å². The molecule has 18 heavy (non-hydrogen) atoms. The molecular weight excluding hydrogens is 306 g/mol. The zero-order chi connectivity index (χ0) is 13.7. The highest BCUT2D eigenvalue weighted by Gasteiger charge is 2.18. The lowest BCUT2D eigenvalue weighted by Crippen LogP contribution is -2.16. The maximum atomic E-state index is 11.3. The molecular formula is C11H10BrNO5. The number of hydrogen-bond acceptors (Lipinski definition) is 4. The van der Waals surface area contributed by atoms with E-state index in [-0.39, 0.29) is 12.3 Å². The molecule has 6 nitrogen and oxygen atoms in total. The topological polar surface area (TPSA) is 95.9 Å². The van der Waals surface area contributed by atoms with Gasteiger partial charge in [-0.1, -0.05) is 28.6 Å². The minimum atomic E-state index is -1.36. The van der Waals surface area contributed by atoms with Gasteiger partial charge in [-0.15, -0.1) is 0 Å². The molecule has 0 bridgehead atoms. The Labute approximate surface area is 111 Å². The fourth-order valence-corrected chi connectivity index (χ4v) is 1.64. The predicted octanol–water partition coefficient (Wildman–Crippen LogP) is 2.59. The van der Waals surface area contributed by atoms with Crippen LogP contribution in [0.1, 0.15) is 10.4 Å². The first-order valence-corrected chi connectivity index (χ1v) is 5.55. The summed E-state index contributed by atoms with van der Waals surface area (Å²) in [4.78, 5) is 22.3. The molecule has 0 aliphatic rings. The Hall–Kier alpha value is -2.02. The van der Waals surface area contributed by atoms with Gasteiger partial charge in [0.05, 0.1) is 5.69 Å². The Balaban J connectivity index is 3.03. The number of ether oxygens (including phenoxy) is 1. The summed E-state index contributed by atoms with van der Waals surface area (Å²) in [5.41, 5.74) is -0.475. The van der Waals surface area contributed by atoms with Gasteiger partial charge >= 0.3 is 12.1 Å². The van der Waals surface area contributed by atoms with Gasteiger partial charge in [0.2, 0.25) is 0 Å². The highest BCUT2D eigenvalue weighted by molar-refractivity contribution is 9.10. The first-order valence-electron chi connectivity index (χ1n) is 4.76. The first kappa shape index (κ1) is 14.0. The summed E-state index contributed by atoms with van der Waals surface area (Å²) in [6.45, 7) is 3.36. The normalized spacial score (nSPS) is 9.61. The zero-order valence-corrected chi connectivity index (χ0v) is 10.7. The molecule has 96 valence electrons. The van der Waals surface area contributed by atoms with Gasteiger partial charge in [-0.25, -0.2) is 9.59 Å². The van der Waals surface area contributed by atoms with Gasteiger partial charge in [0.1, 0.15) is 17.9 Å². The van der Waals surface area contributed by atoms with Gasteiger partial charge in [-0.2, -0.15) is 0 Å². The predicted molar refractivity (Wildman–Crippen MR) is 67.9 cm³/mol.